The van der Waals surface area contributed by atoms with E-state index in [1.807, 2.05) is 0 Å². The standard InChI is InChI=1S/C15H17ClO3/c1-10(17)11-2-6-13(7-3-11)19-14-8-4-12(5-9-14)15(16)18/h4-5,8-9,11,13H,2-3,6-7H2,1H3. The number of Topliss-reactive ketones (excluding diaryl/α,β-unsaturated/α-hetero) is 1. The van der Waals surface area contributed by atoms with Gasteiger partial charge in [-0.05, 0) is 68.5 Å². The van der Waals surface area contributed by atoms with Crippen LogP contribution in [0.5, 0.6) is 5.75 Å². The van der Waals surface area contributed by atoms with Crippen molar-refractivity contribution in [2.24, 2.45) is 5.92 Å². The first-order valence-electron chi connectivity index (χ1n) is 6.53. The van der Waals surface area contributed by atoms with Gasteiger partial charge in [-0.1, -0.05) is 0 Å². The van der Waals surface area contributed by atoms with Crippen LogP contribution in [0.15, 0.2) is 24.3 Å². The fraction of sp³-hybridized carbons (Fsp3) is 0.467. The second-order valence-corrected chi connectivity index (χ2v) is 5.34. The molecule has 0 aromatic heterocycles. The van der Waals surface area contributed by atoms with Crippen molar-refractivity contribution in [1.29, 1.82) is 0 Å². The van der Waals surface area contributed by atoms with Gasteiger partial charge in [0.2, 0.25) is 0 Å². The maximum Gasteiger partial charge on any atom is 0.252 e. The Morgan fingerprint density at radius 2 is 1.68 bits per heavy atom. The Morgan fingerprint density at radius 1 is 1.11 bits per heavy atom. The lowest BCUT2D eigenvalue weighted by Crippen LogP contribution is -2.27. The SMILES string of the molecule is CC(=O)C1CCC(Oc2ccc(C(=O)Cl)cc2)CC1. The van der Waals surface area contributed by atoms with Gasteiger partial charge in [-0.25, -0.2) is 0 Å². The summed E-state index contributed by atoms with van der Waals surface area (Å²) in [6.45, 7) is 1.66. The summed E-state index contributed by atoms with van der Waals surface area (Å²) in [6.07, 6.45) is 3.77. The molecule has 0 unspecified atom stereocenters. The first-order chi connectivity index (χ1) is 9.06. The van der Waals surface area contributed by atoms with Gasteiger partial charge < -0.3 is 4.74 Å². The number of carbonyl (C=O) groups is 2. The maximum absolute atomic E-state index is 11.3. The summed E-state index contributed by atoms with van der Waals surface area (Å²) in [7, 11) is 0. The minimum absolute atomic E-state index is 0.160. The predicted octanol–water partition coefficient (Wildman–Crippen LogP) is 3.59. The third-order valence-electron chi connectivity index (χ3n) is 3.63. The molecule has 1 saturated carbocycles. The zero-order valence-electron chi connectivity index (χ0n) is 10.9. The number of ether oxygens (including phenoxy) is 1. The molecule has 0 heterocycles. The normalized spacial score (nSPS) is 22.8. The second kappa shape index (κ2) is 6.20. The third-order valence-corrected chi connectivity index (χ3v) is 3.85. The molecule has 1 aliphatic carbocycles. The zero-order valence-corrected chi connectivity index (χ0v) is 11.7. The Kier molecular flexibility index (Phi) is 4.59. The van der Waals surface area contributed by atoms with E-state index >= 15 is 0 Å². The van der Waals surface area contributed by atoms with Gasteiger partial charge in [0.25, 0.3) is 5.24 Å². The van der Waals surface area contributed by atoms with Gasteiger partial charge in [-0.2, -0.15) is 0 Å². The molecule has 3 nitrogen and oxygen atoms in total. The first kappa shape index (κ1) is 14.1. The van der Waals surface area contributed by atoms with E-state index in [9.17, 15) is 9.59 Å². The number of ketones is 1. The summed E-state index contributed by atoms with van der Waals surface area (Å²) >= 11 is 5.38. The highest BCUT2D eigenvalue weighted by Crippen LogP contribution is 2.28. The van der Waals surface area contributed by atoms with Crippen LogP contribution in [0.25, 0.3) is 0 Å². The summed E-state index contributed by atoms with van der Waals surface area (Å²) < 4.78 is 5.85. The summed E-state index contributed by atoms with van der Waals surface area (Å²) in [5.41, 5.74) is 0.467. The molecule has 0 amide bonds. The molecule has 1 aromatic rings. The minimum atomic E-state index is -0.464. The fourth-order valence-corrected chi connectivity index (χ4v) is 2.57. The zero-order chi connectivity index (χ0) is 13.8. The lowest BCUT2D eigenvalue weighted by molar-refractivity contribution is -0.122. The predicted molar refractivity (Wildman–Crippen MR) is 73.7 cm³/mol. The van der Waals surface area contributed by atoms with E-state index in [-0.39, 0.29) is 17.8 Å². The van der Waals surface area contributed by atoms with E-state index in [1.165, 1.54) is 0 Å². The van der Waals surface area contributed by atoms with Crippen LogP contribution in [-0.2, 0) is 4.79 Å². The van der Waals surface area contributed by atoms with Crippen molar-refractivity contribution in [3.05, 3.63) is 29.8 Å². The maximum atomic E-state index is 11.3. The Hall–Kier alpha value is -1.35. The number of rotatable bonds is 4. The summed E-state index contributed by atoms with van der Waals surface area (Å²) in [5.74, 6) is 1.23. The Balaban J connectivity index is 1.88. The topological polar surface area (TPSA) is 43.4 Å². The fourth-order valence-electron chi connectivity index (χ4n) is 2.44. The molecule has 0 spiro atoms. The molecule has 0 N–H and O–H groups in total. The lowest BCUT2D eigenvalue weighted by Gasteiger charge is -2.27. The van der Waals surface area contributed by atoms with Crippen molar-refractivity contribution >= 4 is 22.6 Å². The number of benzene rings is 1. The van der Waals surface area contributed by atoms with E-state index in [2.05, 4.69) is 0 Å². The van der Waals surface area contributed by atoms with Gasteiger partial charge in [-0.3, -0.25) is 9.59 Å². The van der Waals surface area contributed by atoms with Gasteiger partial charge in [0, 0.05) is 11.5 Å². The van der Waals surface area contributed by atoms with E-state index in [0.29, 0.717) is 5.56 Å². The molecule has 4 heteroatoms. The second-order valence-electron chi connectivity index (χ2n) is 5.00. The quantitative estimate of drug-likeness (QED) is 0.792. The smallest absolute Gasteiger partial charge is 0.252 e. The molecular formula is C15H17ClO3. The van der Waals surface area contributed by atoms with Gasteiger partial charge in [0.1, 0.15) is 11.5 Å². The number of hydrogen-bond donors (Lipinski definition) is 0. The van der Waals surface area contributed by atoms with Crippen LogP contribution in [0.1, 0.15) is 43.0 Å². The lowest BCUT2D eigenvalue weighted by atomic mass is 9.85. The summed E-state index contributed by atoms with van der Waals surface area (Å²) in [6, 6.07) is 6.83. The monoisotopic (exact) mass is 280 g/mol. The van der Waals surface area contributed by atoms with Crippen LogP contribution in [-0.4, -0.2) is 17.1 Å². The number of hydrogen-bond acceptors (Lipinski definition) is 3. The highest BCUT2D eigenvalue weighted by atomic mass is 35.5. The average Bonchev–Trinajstić information content (AvgIpc) is 2.40. The Labute approximate surface area is 117 Å². The molecule has 0 saturated heterocycles. The minimum Gasteiger partial charge on any atom is -0.490 e. The van der Waals surface area contributed by atoms with Crippen LogP contribution in [0.4, 0.5) is 0 Å². The molecule has 19 heavy (non-hydrogen) atoms. The molecule has 1 aromatic carbocycles. The van der Waals surface area contributed by atoms with Crippen LogP contribution in [0.2, 0.25) is 0 Å². The first-order valence-corrected chi connectivity index (χ1v) is 6.91. The average molecular weight is 281 g/mol. The highest BCUT2D eigenvalue weighted by Gasteiger charge is 2.24. The van der Waals surface area contributed by atoms with Crippen LogP contribution >= 0.6 is 11.6 Å². The van der Waals surface area contributed by atoms with Crippen LogP contribution in [0.3, 0.4) is 0 Å². The Morgan fingerprint density at radius 3 is 2.16 bits per heavy atom. The van der Waals surface area contributed by atoms with Crippen molar-refractivity contribution in [3.63, 3.8) is 0 Å². The molecule has 1 fully saturated rings. The number of carbonyl (C=O) groups excluding carboxylic acids is 2. The summed E-state index contributed by atoms with van der Waals surface area (Å²) in [4.78, 5) is 22.2. The van der Waals surface area contributed by atoms with E-state index in [1.54, 1.807) is 31.2 Å². The molecule has 0 radical (unpaired) electrons. The van der Waals surface area contributed by atoms with Crippen molar-refractivity contribution < 1.29 is 14.3 Å². The molecule has 1 aliphatic rings. The van der Waals surface area contributed by atoms with Crippen molar-refractivity contribution in [2.75, 3.05) is 0 Å². The number of halogens is 1. The van der Waals surface area contributed by atoms with E-state index in [4.69, 9.17) is 16.3 Å². The van der Waals surface area contributed by atoms with Crippen molar-refractivity contribution in [2.45, 2.75) is 38.7 Å². The Bertz CT molecular complexity index is 459. The molecule has 0 atom stereocenters. The highest BCUT2D eigenvalue weighted by molar-refractivity contribution is 6.67. The van der Waals surface area contributed by atoms with Gasteiger partial charge in [-0.15, -0.1) is 0 Å². The van der Waals surface area contributed by atoms with Crippen LogP contribution in [0, 0.1) is 5.92 Å². The molecular weight excluding hydrogens is 264 g/mol. The molecule has 0 bridgehead atoms. The molecule has 2 rings (SSSR count). The van der Waals surface area contributed by atoms with Crippen molar-refractivity contribution in [1.82, 2.24) is 0 Å². The molecule has 102 valence electrons. The molecule has 0 aliphatic heterocycles. The summed E-state index contributed by atoms with van der Waals surface area (Å²) in [5, 5.41) is -0.464. The van der Waals surface area contributed by atoms with Crippen molar-refractivity contribution in [3.8, 4) is 5.75 Å². The van der Waals surface area contributed by atoms with Gasteiger partial charge in [0.05, 0.1) is 6.10 Å². The van der Waals surface area contributed by atoms with E-state index < -0.39 is 5.24 Å². The van der Waals surface area contributed by atoms with Crippen LogP contribution < -0.4 is 4.74 Å². The van der Waals surface area contributed by atoms with Gasteiger partial charge >= 0.3 is 0 Å². The largest absolute Gasteiger partial charge is 0.490 e. The van der Waals surface area contributed by atoms with Gasteiger partial charge in [0.15, 0.2) is 0 Å². The third kappa shape index (κ3) is 3.80. The van der Waals surface area contributed by atoms with E-state index in [0.717, 1.165) is 31.4 Å².